The Morgan fingerprint density at radius 2 is 1.68 bits per heavy atom. The van der Waals surface area contributed by atoms with Gasteiger partial charge in [0, 0.05) is 6.54 Å². The molecule has 0 aliphatic carbocycles. The number of hydrogen-bond donors (Lipinski definition) is 1. The molecule has 1 aliphatic rings. The normalized spacial score (nSPS) is 16.6. The summed E-state index contributed by atoms with van der Waals surface area (Å²) in [5.41, 5.74) is 2.20. The van der Waals surface area contributed by atoms with E-state index in [1.165, 1.54) is 17.3 Å². The van der Waals surface area contributed by atoms with Crippen molar-refractivity contribution in [1.29, 1.82) is 0 Å². The molecular weight excluding hydrogens is 352 g/mol. The Morgan fingerprint density at radius 3 is 2.28 bits per heavy atom. The second kappa shape index (κ2) is 8.47. The molecular formula is C19H20N2O2S2. The van der Waals surface area contributed by atoms with E-state index in [0.29, 0.717) is 25.5 Å². The van der Waals surface area contributed by atoms with Crippen molar-refractivity contribution in [2.75, 3.05) is 12.5 Å². The molecule has 25 heavy (non-hydrogen) atoms. The molecule has 1 unspecified atom stereocenters. The molecule has 1 atom stereocenters. The van der Waals surface area contributed by atoms with E-state index in [9.17, 15) is 9.90 Å². The van der Waals surface area contributed by atoms with E-state index >= 15 is 0 Å². The monoisotopic (exact) mass is 372 g/mol. The van der Waals surface area contributed by atoms with Crippen LogP contribution in [0.15, 0.2) is 60.7 Å². The number of carboxylic acid groups (broad SMARTS) is 1. The van der Waals surface area contributed by atoms with Gasteiger partial charge in [-0.25, -0.2) is 0 Å². The number of benzene rings is 2. The zero-order valence-electron chi connectivity index (χ0n) is 13.7. The Kier molecular flexibility index (Phi) is 6.07. The van der Waals surface area contributed by atoms with Crippen LogP contribution in [0.4, 0.5) is 0 Å². The molecule has 0 bridgehead atoms. The molecule has 0 amide bonds. The quantitative estimate of drug-likeness (QED) is 0.784. The van der Waals surface area contributed by atoms with E-state index in [1.807, 2.05) is 53.4 Å². The molecule has 2 aromatic carbocycles. The zero-order chi connectivity index (χ0) is 17.6. The van der Waals surface area contributed by atoms with Crippen molar-refractivity contribution >= 4 is 34.3 Å². The van der Waals surface area contributed by atoms with Crippen molar-refractivity contribution in [2.45, 2.75) is 19.0 Å². The smallest absolute Gasteiger partial charge is 0.321 e. The second-order valence-electron chi connectivity index (χ2n) is 6.00. The van der Waals surface area contributed by atoms with Gasteiger partial charge in [0.1, 0.15) is 10.4 Å². The first-order valence-electron chi connectivity index (χ1n) is 8.10. The number of aliphatic carboxylic acids is 1. The highest BCUT2D eigenvalue weighted by molar-refractivity contribution is 8.22. The van der Waals surface area contributed by atoms with Crippen molar-refractivity contribution in [3.63, 3.8) is 0 Å². The minimum atomic E-state index is -0.795. The maximum absolute atomic E-state index is 11.8. The Bertz CT molecular complexity index is 725. The Morgan fingerprint density at radius 1 is 1.08 bits per heavy atom. The molecule has 0 radical (unpaired) electrons. The van der Waals surface area contributed by atoms with Crippen molar-refractivity contribution < 1.29 is 9.90 Å². The fourth-order valence-corrected chi connectivity index (χ4v) is 3.99. The number of nitrogens with zero attached hydrogens (tertiary/aromatic N) is 2. The molecule has 1 N–H and O–H groups in total. The van der Waals surface area contributed by atoms with Gasteiger partial charge in [-0.1, -0.05) is 84.6 Å². The molecule has 130 valence electrons. The van der Waals surface area contributed by atoms with Crippen molar-refractivity contribution in [3.05, 3.63) is 71.8 Å². The lowest BCUT2D eigenvalue weighted by atomic mass is 10.1. The standard InChI is InChI=1S/C19H20N2O2S2/c22-18(23)17(11-15-7-3-1-4-8-15)21-13-20(19(24)25-14-21)12-16-9-5-2-6-10-16/h1-10,17H,11-14H2,(H,22,23). The zero-order valence-corrected chi connectivity index (χ0v) is 15.4. The van der Waals surface area contributed by atoms with E-state index in [-0.39, 0.29) is 0 Å². The van der Waals surface area contributed by atoms with Crippen LogP contribution in [-0.2, 0) is 17.8 Å². The van der Waals surface area contributed by atoms with Gasteiger partial charge in [-0.05, 0) is 17.5 Å². The van der Waals surface area contributed by atoms with E-state index < -0.39 is 12.0 Å². The van der Waals surface area contributed by atoms with Gasteiger partial charge in [-0.3, -0.25) is 9.69 Å². The molecule has 4 nitrogen and oxygen atoms in total. The topological polar surface area (TPSA) is 43.8 Å². The highest BCUT2D eigenvalue weighted by Crippen LogP contribution is 2.24. The molecule has 0 aromatic heterocycles. The van der Waals surface area contributed by atoms with Crippen LogP contribution in [0.2, 0.25) is 0 Å². The predicted molar refractivity (Wildman–Crippen MR) is 105 cm³/mol. The number of thiocarbonyl (C=S) groups is 1. The molecule has 0 spiro atoms. The van der Waals surface area contributed by atoms with Crippen LogP contribution in [0, 0.1) is 0 Å². The number of carbonyl (C=O) groups is 1. The largest absolute Gasteiger partial charge is 0.480 e. The maximum Gasteiger partial charge on any atom is 0.321 e. The summed E-state index contributed by atoms with van der Waals surface area (Å²) in [6.45, 7) is 1.23. The molecule has 1 fully saturated rings. The molecule has 1 aliphatic heterocycles. The minimum Gasteiger partial charge on any atom is -0.480 e. The fraction of sp³-hybridized carbons (Fsp3) is 0.263. The van der Waals surface area contributed by atoms with Gasteiger partial charge in [-0.15, -0.1) is 0 Å². The number of carboxylic acids is 1. The summed E-state index contributed by atoms with van der Waals surface area (Å²) in [5.74, 6) is -0.189. The minimum absolute atomic E-state index is 0.489. The molecule has 1 heterocycles. The molecule has 0 saturated carbocycles. The summed E-state index contributed by atoms with van der Waals surface area (Å²) in [6.07, 6.45) is 0.489. The fourth-order valence-electron chi connectivity index (χ4n) is 2.86. The van der Waals surface area contributed by atoms with Gasteiger partial charge in [-0.2, -0.15) is 0 Å². The third-order valence-corrected chi connectivity index (χ3v) is 5.76. The van der Waals surface area contributed by atoms with Crippen LogP contribution < -0.4 is 0 Å². The number of hydrogen-bond acceptors (Lipinski definition) is 4. The predicted octanol–water partition coefficient (Wildman–Crippen LogP) is 3.43. The molecule has 3 rings (SSSR count). The van der Waals surface area contributed by atoms with Crippen molar-refractivity contribution in [3.8, 4) is 0 Å². The first-order valence-corrected chi connectivity index (χ1v) is 9.49. The van der Waals surface area contributed by atoms with Crippen molar-refractivity contribution in [2.24, 2.45) is 0 Å². The Hall–Kier alpha value is -1.89. The van der Waals surface area contributed by atoms with Gasteiger partial charge < -0.3 is 10.0 Å². The van der Waals surface area contributed by atoms with E-state index in [1.54, 1.807) is 0 Å². The van der Waals surface area contributed by atoms with Crippen LogP contribution in [0.1, 0.15) is 11.1 Å². The average Bonchev–Trinajstić information content (AvgIpc) is 2.63. The van der Waals surface area contributed by atoms with E-state index in [0.717, 1.165) is 9.88 Å². The van der Waals surface area contributed by atoms with Gasteiger partial charge in [0.25, 0.3) is 0 Å². The van der Waals surface area contributed by atoms with E-state index in [4.69, 9.17) is 12.2 Å². The molecule has 2 aromatic rings. The van der Waals surface area contributed by atoms with Crippen LogP contribution in [-0.4, -0.2) is 43.8 Å². The van der Waals surface area contributed by atoms with Crippen LogP contribution in [0.5, 0.6) is 0 Å². The first-order chi connectivity index (χ1) is 12.1. The lowest BCUT2D eigenvalue weighted by Crippen LogP contribution is -2.52. The summed E-state index contributed by atoms with van der Waals surface area (Å²) >= 11 is 7.01. The summed E-state index contributed by atoms with van der Waals surface area (Å²) in [5, 5.41) is 9.73. The summed E-state index contributed by atoms with van der Waals surface area (Å²) in [7, 11) is 0. The van der Waals surface area contributed by atoms with Gasteiger partial charge >= 0.3 is 5.97 Å². The molecule has 1 saturated heterocycles. The van der Waals surface area contributed by atoms with Gasteiger partial charge in [0.2, 0.25) is 0 Å². The summed E-state index contributed by atoms with van der Waals surface area (Å²) in [4.78, 5) is 15.9. The van der Waals surface area contributed by atoms with Crippen LogP contribution >= 0.6 is 24.0 Å². The third kappa shape index (κ3) is 4.81. The summed E-state index contributed by atoms with van der Waals surface area (Å²) < 4.78 is 0.823. The maximum atomic E-state index is 11.8. The average molecular weight is 373 g/mol. The van der Waals surface area contributed by atoms with Gasteiger partial charge in [0.05, 0.1) is 12.5 Å². The highest BCUT2D eigenvalue weighted by atomic mass is 32.2. The third-order valence-electron chi connectivity index (χ3n) is 4.18. The highest BCUT2D eigenvalue weighted by Gasteiger charge is 2.31. The Labute approximate surface area is 157 Å². The number of rotatable bonds is 6. The second-order valence-corrected chi connectivity index (χ2v) is 7.58. The lowest BCUT2D eigenvalue weighted by molar-refractivity contribution is -0.143. The summed E-state index contributed by atoms with van der Waals surface area (Å²) in [6, 6.07) is 19.3. The Balaban J connectivity index is 1.71. The molecule has 6 heteroatoms. The number of thioether (sulfide) groups is 1. The van der Waals surface area contributed by atoms with Crippen molar-refractivity contribution in [1.82, 2.24) is 9.80 Å². The van der Waals surface area contributed by atoms with Crippen LogP contribution in [0.3, 0.4) is 0 Å². The van der Waals surface area contributed by atoms with Gasteiger partial charge in [0.15, 0.2) is 0 Å². The lowest BCUT2D eigenvalue weighted by Gasteiger charge is -2.39. The van der Waals surface area contributed by atoms with E-state index in [2.05, 4.69) is 17.0 Å². The first kappa shape index (κ1) is 17.9. The van der Waals surface area contributed by atoms with Crippen LogP contribution in [0.25, 0.3) is 0 Å². The SMILES string of the molecule is O=C(O)C(Cc1ccccc1)N1CSC(=S)N(Cc2ccccc2)C1.